The fraction of sp³-hybridized carbons (Fsp3) is 0.0455. The van der Waals surface area contributed by atoms with Crippen LogP contribution in [0, 0.1) is 10.1 Å². The third kappa shape index (κ3) is 5.30. The van der Waals surface area contributed by atoms with Gasteiger partial charge in [0.25, 0.3) is 11.6 Å². The number of nitro benzene ring substituents is 1. The summed E-state index contributed by atoms with van der Waals surface area (Å²) in [6, 6.07) is 17.2. The maximum absolute atomic E-state index is 12.3. The van der Waals surface area contributed by atoms with Crippen LogP contribution in [-0.2, 0) is 4.74 Å². The van der Waals surface area contributed by atoms with Gasteiger partial charge in [0.2, 0.25) is 0 Å². The van der Waals surface area contributed by atoms with E-state index in [0.717, 1.165) is 0 Å². The second-order valence-corrected chi connectivity index (χ2v) is 6.24. The maximum Gasteiger partial charge on any atom is 0.343 e. The standard InChI is InChI=1S/C22H16N2O7/c1-30-21(26)14-7-11-19(12-8-14)31-22(27)15-5-9-17(10-6-15)23-20(25)16-3-2-4-18(13-16)24(28)29/h2-13H,1H3,(H,23,25). The molecule has 0 atom stereocenters. The molecule has 0 saturated heterocycles. The monoisotopic (exact) mass is 420 g/mol. The Morgan fingerprint density at radius 2 is 1.45 bits per heavy atom. The molecule has 0 aromatic heterocycles. The van der Waals surface area contributed by atoms with Crippen molar-refractivity contribution in [2.45, 2.75) is 0 Å². The summed E-state index contributed by atoms with van der Waals surface area (Å²) in [6.45, 7) is 0. The highest BCUT2D eigenvalue weighted by molar-refractivity contribution is 6.04. The van der Waals surface area contributed by atoms with E-state index in [1.807, 2.05) is 0 Å². The molecule has 0 unspecified atom stereocenters. The summed E-state index contributed by atoms with van der Waals surface area (Å²) in [5.74, 6) is -1.39. The molecule has 0 radical (unpaired) electrons. The minimum atomic E-state index is -0.623. The van der Waals surface area contributed by atoms with E-state index in [1.54, 1.807) is 0 Å². The molecule has 0 fully saturated rings. The second-order valence-electron chi connectivity index (χ2n) is 6.24. The van der Waals surface area contributed by atoms with Gasteiger partial charge in [-0.3, -0.25) is 14.9 Å². The number of esters is 2. The molecule has 31 heavy (non-hydrogen) atoms. The smallest absolute Gasteiger partial charge is 0.343 e. The Morgan fingerprint density at radius 1 is 0.839 bits per heavy atom. The Kier molecular flexibility index (Phi) is 6.36. The zero-order valence-electron chi connectivity index (χ0n) is 16.2. The molecule has 0 spiro atoms. The van der Waals surface area contributed by atoms with Gasteiger partial charge >= 0.3 is 11.9 Å². The van der Waals surface area contributed by atoms with Gasteiger partial charge in [-0.15, -0.1) is 0 Å². The van der Waals surface area contributed by atoms with Crippen LogP contribution in [0.25, 0.3) is 0 Å². The number of anilines is 1. The van der Waals surface area contributed by atoms with Crippen molar-refractivity contribution in [1.82, 2.24) is 0 Å². The summed E-state index contributed by atoms with van der Waals surface area (Å²) in [4.78, 5) is 46.2. The van der Waals surface area contributed by atoms with Crippen LogP contribution in [0.15, 0.2) is 72.8 Å². The van der Waals surface area contributed by atoms with E-state index in [4.69, 9.17) is 4.74 Å². The normalized spacial score (nSPS) is 10.1. The van der Waals surface area contributed by atoms with Crippen LogP contribution in [0.2, 0.25) is 0 Å². The largest absolute Gasteiger partial charge is 0.465 e. The SMILES string of the molecule is COC(=O)c1ccc(OC(=O)c2ccc(NC(=O)c3cccc([N+](=O)[O-])c3)cc2)cc1. The Labute approximate surface area is 176 Å². The van der Waals surface area contributed by atoms with E-state index in [9.17, 15) is 24.5 Å². The van der Waals surface area contributed by atoms with Crippen molar-refractivity contribution >= 4 is 29.2 Å². The number of ether oxygens (including phenoxy) is 2. The first-order valence-corrected chi connectivity index (χ1v) is 8.94. The van der Waals surface area contributed by atoms with E-state index in [0.29, 0.717) is 11.3 Å². The van der Waals surface area contributed by atoms with Crippen molar-refractivity contribution in [3.8, 4) is 5.75 Å². The third-order valence-corrected chi connectivity index (χ3v) is 4.18. The van der Waals surface area contributed by atoms with E-state index >= 15 is 0 Å². The zero-order valence-corrected chi connectivity index (χ0v) is 16.2. The fourth-order valence-electron chi connectivity index (χ4n) is 2.60. The van der Waals surface area contributed by atoms with Gasteiger partial charge < -0.3 is 14.8 Å². The van der Waals surface area contributed by atoms with E-state index in [1.165, 1.54) is 79.9 Å². The molecule has 0 aliphatic carbocycles. The first-order chi connectivity index (χ1) is 14.9. The van der Waals surface area contributed by atoms with Crippen molar-refractivity contribution in [3.63, 3.8) is 0 Å². The number of amides is 1. The molecule has 0 saturated carbocycles. The summed E-state index contributed by atoms with van der Waals surface area (Å²) in [6.07, 6.45) is 0. The number of rotatable bonds is 6. The molecule has 3 aromatic rings. The molecule has 3 aromatic carbocycles. The van der Waals surface area contributed by atoms with Crippen molar-refractivity contribution in [1.29, 1.82) is 0 Å². The summed E-state index contributed by atoms with van der Waals surface area (Å²) in [5, 5.41) is 13.4. The summed E-state index contributed by atoms with van der Waals surface area (Å²) in [7, 11) is 1.27. The molecule has 0 heterocycles. The van der Waals surface area contributed by atoms with E-state index in [2.05, 4.69) is 10.1 Å². The van der Waals surface area contributed by atoms with Crippen LogP contribution in [0.4, 0.5) is 11.4 Å². The quantitative estimate of drug-likeness (QED) is 0.278. The van der Waals surface area contributed by atoms with Gasteiger partial charge in [-0.05, 0) is 54.6 Å². The van der Waals surface area contributed by atoms with Crippen LogP contribution in [-0.4, -0.2) is 29.9 Å². The summed E-state index contributed by atoms with van der Waals surface area (Å²) in [5.41, 5.74) is 0.908. The van der Waals surface area contributed by atoms with E-state index < -0.39 is 22.8 Å². The Morgan fingerprint density at radius 3 is 2.06 bits per heavy atom. The molecule has 9 nitrogen and oxygen atoms in total. The van der Waals surface area contributed by atoms with Gasteiger partial charge in [0.1, 0.15) is 5.75 Å². The fourth-order valence-corrected chi connectivity index (χ4v) is 2.60. The minimum absolute atomic E-state index is 0.132. The Bertz CT molecular complexity index is 1140. The number of carbonyl (C=O) groups excluding carboxylic acids is 3. The number of nitrogens with one attached hydrogen (secondary N) is 1. The topological polar surface area (TPSA) is 125 Å². The van der Waals surface area contributed by atoms with Crippen LogP contribution in [0.1, 0.15) is 31.1 Å². The highest BCUT2D eigenvalue weighted by Gasteiger charge is 2.13. The van der Waals surface area contributed by atoms with E-state index in [-0.39, 0.29) is 22.6 Å². The number of hydrogen-bond acceptors (Lipinski definition) is 7. The number of carbonyl (C=O) groups is 3. The molecule has 1 N–H and O–H groups in total. The Hall–Kier alpha value is -4.53. The van der Waals surface area contributed by atoms with Gasteiger partial charge in [-0.25, -0.2) is 9.59 Å². The van der Waals surface area contributed by atoms with Gasteiger partial charge in [0.05, 0.1) is 23.2 Å². The average Bonchev–Trinajstić information content (AvgIpc) is 2.79. The molecule has 156 valence electrons. The van der Waals surface area contributed by atoms with Crippen molar-refractivity contribution < 1.29 is 28.8 Å². The Balaban J connectivity index is 1.63. The lowest BCUT2D eigenvalue weighted by Crippen LogP contribution is -2.13. The number of hydrogen-bond donors (Lipinski definition) is 1. The average molecular weight is 420 g/mol. The van der Waals surface area contributed by atoms with Gasteiger partial charge in [0.15, 0.2) is 0 Å². The number of benzene rings is 3. The first-order valence-electron chi connectivity index (χ1n) is 8.94. The predicted molar refractivity (Wildman–Crippen MR) is 110 cm³/mol. The van der Waals surface area contributed by atoms with Crippen molar-refractivity contribution in [3.05, 3.63) is 99.6 Å². The third-order valence-electron chi connectivity index (χ3n) is 4.18. The highest BCUT2D eigenvalue weighted by atomic mass is 16.6. The lowest BCUT2D eigenvalue weighted by molar-refractivity contribution is -0.384. The van der Waals surface area contributed by atoms with Gasteiger partial charge in [-0.2, -0.15) is 0 Å². The number of methoxy groups -OCH3 is 1. The zero-order chi connectivity index (χ0) is 22.4. The molecular weight excluding hydrogens is 404 g/mol. The molecule has 3 rings (SSSR count). The van der Waals surface area contributed by atoms with Crippen LogP contribution >= 0.6 is 0 Å². The minimum Gasteiger partial charge on any atom is -0.465 e. The first kappa shape index (κ1) is 21.2. The molecule has 0 aliphatic rings. The lowest BCUT2D eigenvalue weighted by atomic mass is 10.1. The molecule has 9 heteroatoms. The maximum atomic E-state index is 12.3. The summed E-state index contributed by atoms with van der Waals surface area (Å²) < 4.78 is 9.86. The lowest BCUT2D eigenvalue weighted by Gasteiger charge is -2.08. The molecule has 1 amide bonds. The number of non-ortho nitro benzene ring substituents is 1. The molecular formula is C22H16N2O7. The van der Waals surface area contributed by atoms with Gasteiger partial charge in [-0.1, -0.05) is 6.07 Å². The van der Waals surface area contributed by atoms with Crippen LogP contribution in [0.3, 0.4) is 0 Å². The number of nitro groups is 1. The van der Waals surface area contributed by atoms with Crippen molar-refractivity contribution in [2.24, 2.45) is 0 Å². The predicted octanol–water partition coefficient (Wildman–Crippen LogP) is 3.85. The molecule has 0 aliphatic heterocycles. The second kappa shape index (κ2) is 9.31. The molecule has 0 bridgehead atoms. The van der Waals surface area contributed by atoms with Crippen molar-refractivity contribution in [2.75, 3.05) is 12.4 Å². The number of nitrogens with zero attached hydrogens (tertiary/aromatic N) is 1. The highest BCUT2D eigenvalue weighted by Crippen LogP contribution is 2.18. The van der Waals surface area contributed by atoms with Gasteiger partial charge in [0, 0.05) is 23.4 Å². The van der Waals surface area contributed by atoms with Crippen LogP contribution < -0.4 is 10.1 Å². The summed E-state index contributed by atoms with van der Waals surface area (Å²) >= 11 is 0. The van der Waals surface area contributed by atoms with Crippen LogP contribution in [0.5, 0.6) is 5.75 Å².